The Kier molecular flexibility index (Phi) is 4.47. The monoisotopic (exact) mass is 347 g/mol. The Hall–Kier alpha value is -2.66. The van der Waals surface area contributed by atoms with Gasteiger partial charge >= 0.3 is 0 Å². The van der Waals surface area contributed by atoms with Crippen molar-refractivity contribution in [3.8, 4) is 0 Å². The summed E-state index contributed by atoms with van der Waals surface area (Å²) in [5.41, 5.74) is 9.97. The lowest BCUT2D eigenvalue weighted by Crippen LogP contribution is -2.41. The third-order valence-electron chi connectivity index (χ3n) is 5.54. The topological polar surface area (TPSA) is 75.9 Å². The normalized spacial score (nSPS) is 16.5. The van der Waals surface area contributed by atoms with Crippen LogP contribution in [0.2, 0.25) is 0 Å². The highest BCUT2D eigenvalue weighted by Crippen LogP contribution is 2.39. The van der Waals surface area contributed by atoms with E-state index in [0.29, 0.717) is 11.8 Å². The number of benzene rings is 2. The van der Waals surface area contributed by atoms with Crippen molar-refractivity contribution < 1.29 is 0 Å². The first kappa shape index (κ1) is 16.8. The number of nitrogens with zero attached hydrogens (tertiary/aromatic N) is 2. The number of anilines is 2. The fraction of sp³-hybridized carbons (Fsp3) is 0.333. The molecule has 134 valence electrons. The lowest BCUT2D eigenvalue weighted by molar-refractivity contribution is 0.305. The maximum Gasteiger partial charge on any atom is 0.224 e. The van der Waals surface area contributed by atoms with Crippen LogP contribution in [-0.2, 0) is 11.8 Å². The minimum atomic E-state index is 0.120. The highest BCUT2D eigenvalue weighted by molar-refractivity contribution is 5.92. The van der Waals surface area contributed by atoms with Crippen molar-refractivity contribution in [2.24, 2.45) is 0 Å². The van der Waals surface area contributed by atoms with E-state index >= 15 is 0 Å². The average molecular weight is 347 g/mol. The van der Waals surface area contributed by atoms with E-state index < -0.39 is 0 Å². The summed E-state index contributed by atoms with van der Waals surface area (Å²) in [5.74, 6) is 1.11. The lowest BCUT2D eigenvalue weighted by Gasteiger charge is -2.39. The molecular weight excluding hydrogens is 322 g/mol. The fourth-order valence-corrected chi connectivity index (χ4v) is 4.17. The van der Waals surface area contributed by atoms with Crippen molar-refractivity contribution in [2.75, 3.05) is 31.2 Å². The Morgan fingerprint density at radius 2 is 1.81 bits per heavy atom. The predicted octanol–water partition coefficient (Wildman–Crippen LogP) is 3.12. The summed E-state index contributed by atoms with van der Waals surface area (Å²) in [6.07, 6.45) is 3.17. The van der Waals surface area contributed by atoms with Gasteiger partial charge in [-0.3, -0.25) is 0 Å². The largest absolute Gasteiger partial charge is 0.383 e. The Bertz CT molecular complexity index is 901. The van der Waals surface area contributed by atoms with Gasteiger partial charge < -0.3 is 16.4 Å². The highest BCUT2D eigenvalue weighted by Gasteiger charge is 2.34. The molecule has 1 aliphatic rings. The molecule has 0 saturated carbocycles. The SMILES string of the molecule is CNc1nc(N)c2c(CC3(c4ccccc4)CCNCC3)cccc2n1. The standard InChI is InChI=1S/C21H25N5/c1-23-20-25-17-9-5-6-15(18(17)19(22)26-20)14-21(10-12-24-13-11-21)16-7-3-2-4-8-16/h2-9,24H,10-14H2,1H3,(H3,22,23,25,26). The average Bonchev–Trinajstić information content (AvgIpc) is 2.69. The summed E-state index contributed by atoms with van der Waals surface area (Å²) in [7, 11) is 1.81. The zero-order valence-corrected chi connectivity index (χ0v) is 15.1. The fourth-order valence-electron chi connectivity index (χ4n) is 4.17. The zero-order chi connectivity index (χ0) is 18.0. The van der Waals surface area contributed by atoms with Crippen molar-refractivity contribution >= 4 is 22.7 Å². The first-order valence-electron chi connectivity index (χ1n) is 9.21. The highest BCUT2D eigenvalue weighted by atomic mass is 15.1. The second-order valence-corrected chi connectivity index (χ2v) is 7.07. The number of rotatable bonds is 4. The zero-order valence-electron chi connectivity index (χ0n) is 15.1. The van der Waals surface area contributed by atoms with Gasteiger partial charge in [0.2, 0.25) is 5.95 Å². The second kappa shape index (κ2) is 6.92. The minimum Gasteiger partial charge on any atom is -0.383 e. The van der Waals surface area contributed by atoms with Gasteiger partial charge in [0.15, 0.2) is 0 Å². The molecule has 5 heteroatoms. The van der Waals surface area contributed by atoms with Gasteiger partial charge in [-0.15, -0.1) is 0 Å². The second-order valence-electron chi connectivity index (χ2n) is 7.07. The van der Waals surface area contributed by atoms with Crippen LogP contribution in [0.1, 0.15) is 24.0 Å². The smallest absolute Gasteiger partial charge is 0.224 e. The first-order chi connectivity index (χ1) is 12.7. The van der Waals surface area contributed by atoms with Crippen molar-refractivity contribution in [2.45, 2.75) is 24.7 Å². The van der Waals surface area contributed by atoms with Crippen LogP contribution in [0.5, 0.6) is 0 Å². The molecule has 26 heavy (non-hydrogen) atoms. The molecule has 1 aromatic heterocycles. The van der Waals surface area contributed by atoms with Crippen molar-refractivity contribution in [3.05, 3.63) is 59.7 Å². The maximum absolute atomic E-state index is 6.32. The number of fused-ring (bicyclic) bond motifs is 1. The first-order valence-corrected chi connectivity index (χ1v) is 9.21. The van der Waals surface area contributed by atoms with Crippen LogP contribution in [0.15, 0.2) is 48.5 Å². The third kappa shape index (κ3) is 2.99. The molecule has 0 bridgehead atoms. The van der Waals surface area contributed by atoms with Crippen molar-refractivity contribution in [1.29, 1.82) is 0 Å². The predicted molar refractivity (Wildman–Crippen MR) is 107 cm³/mol. The van der Waals surface area contributed by atoms with Crippen LogP contribution in [-0.4, -0.2) is 30.1 Å². The Labute approximate surface area is 154 Å². The molecule has 5 nitrogen and oxygen atoms in total. The summed E-state index contributed by atoms with van der Waals surface area (Å²) >= 11 is 0. The number of nitrogens with two attached hydrogens (primary N) is 1. The minimum absolute atomic E-state index is 0.120. The van der Waals surface area contributed by atoms with Crippen LogP contribution in [0.4, 0.5) is 11.8 Å². The summed E-state index contributed by atoms with van der Waals surface area (Å²) in [5, 5.41) is 7.47. The Balaban J connectivity index is 1.82. The third-order valence-corrected chi connectivity index (χ3v) is 5.54. The van der Waals surface area contributed by atoms with Crippen LogP contribution >= 0.6 is 0 Å². The van der Waals surface area contributed by atoms with Gasteiger partial charge in [-0.05, 0) is 49.5 Å². The molecule has 0 spiro atoms. The van der Waals surface area contributed by atoms with Gasteiger partial charge in [-0.1, -0.05) is 42.5 Å². The molecule has 1 fully saturated rings. The van der Waals surface area contributed by atoms with E-state index in [1.807, 2.05) is 13.1 Å². The molecule has 2 aromatic carbocycles. The molecule has 0 unspecified atom stereocenters. The van der Waals surface area contributed by atoms with Gasteiger partial charge in [-0.2, -0.15) is 4.98 Å². The number of hydrogen-bond acceptors (Lipinski definition) is 5. The van der Waals surface area contributed by atoms with Gasteiger partial charge in [0.05, 0.1) is 5.52 Å². The number of nitrogen functional groups attached to an aromatic ring is 1. The molecule has 3 aromatic rings. The molecule has 0 amide bonds. The molecule has 1 aliphatic heterocycles. The van der Waals surface area contributed by atoms with Crippen molar-refractivity contribution in [1.82, 2.24) is 15.3 Å². The Morgan fingerprint density at radius 3 is 2.54 bits per heavy atom. The summed E-state index contributed by atoms with van der Waals surface area (Å²) in [4.78, 5) is 9.00. The van der Waals surface area contributed by atoms with E-state index in [0.717, 1.165) is 43.3 Å². The van der Waals surface area contributed by atoms with E-state index in [4.69, 9.17) is 5.73 Å². The molecule has 1 saturated heterocycles. The lowest BCUT2D eigenvalue weighted by atomic mass is 9.69. The number of nitrogens with one attached hydrogen (secondary N) is 2. The summed E-state index contributed by atoms with van der Waals surface area (Å²) in [6, 6.07) is 17.1. The molecule has 4 rings (SSSR count). The summed E-state index contributed by atoms with van der Waals surface area (Å²) < 4.78 is 0. The van der Waals surface area contributed by atoms with E-state index in [1.165, 1.54) is 11.1 Å². The van der Waals surface area contributed by atoms with Gasteiger partial charge in [0.1, 0.15) is 5.82 Å². The van der Waals surface area contributed by atoms with Crippen LogP contribution < -0.4 is 16.4 Å². The maximum atomic E-state index is 6.32. The number of aromatic nitrogens is 2. The number of hydrogen-bond donors (Lipinski definition) is 3. The van der Waals surface area contributed by atoms with E-state index in [2.05, 4.69) is 63.1 Å². The van der Waals surface area contributed by atoms with E-state index in [1.54, 1.807) is 0 Å². The van der Waals surface area contributed by atoms with Crippen LogP contribution in [0, 0.1) is 0 Å². The van der Waals surface area contributed by atoms with Gasteiger partial charge in [-0.25, -0.2) is 4.98 Å². The molecule has 0 radical (unpaired) electrons. The molecule has 0 aliphatic carbocycles. The quantitative estimate of drug-likeness (QED) is 0.676. The molecule has 2 heterocycles. The summed E-state index contributed by atoms with van der Waals surface area (Å²) in [6.45, 7) is 2.07. The van der Waals surface area contributed by atoms with Crippen molar-refractivity contribution in [3.63, 3.8) is 0 Å². The van der Waals surface area contributed by atoms with E-state index in [-0.39, 0.29) is 5.41 Å². The Morgan fingerprint density at radius 1 is 1.04 bits per heavy atom. The van der Waals surface area contributed by atoms with Gasteiger partial charge in [0.25, 0.3) is 0 Å². The number of piperidine rings is 1. The van der Waals surface area contributed by atoms with Gasteiger partial charge in [0, 0.05) is 17.8 Å². The van der Waals surface area contributed by atoms with E-state index in [9.17, 15) is 0 Å². The molecule has 0 atom stereocenters. The molecule has 4 N–H and O–H groups in total. The van der Waals surface area contributed by atoms with Crippen LogP contribution in [0.3, 0.4) is 0 Å². The van der Waals surface area contributed by atoms with Crippen LogP contribution in [0.25, 0.3) is 10.9 Å². The molecular formula is C21H25N5.